The summed E-state index contributed by atoms with van der Waals surface area (Å²) in [6, 6.07) is 22.2. The van der Waals surface area contributed by atoms with Crippen LogP contribution in [0.5, 0.6) is 5.75 Å². The number of ether oxygens (including phenoxy) is 1. The van der Waals surface area contributed by atoms with Gasteiger partial charge in [0.2, 0.25) is 0 Å². The molecule has 0 bridgehead atoms. The van der Waals surface area contributed by atoms with E-state index in [1.54, 1.807) is 49.4 Å². The van der Waals surface area contributed by atoms with E-state index in [2.05, 4.69) is 15.0 Å². The molecule has 1 aromatic heterocycles. The molecule has 0 radical (unpaired) electrons. The number of nitrogens with one attached hydrogen (secondary N) is 2. The van der Waals surface area contributed by atoms with E-state index in [1.807, 2.05) is 31.2 Å². The Kier molecular flexibility index (Phi) is 6.95. The highest BCUT2D eigenvalue weighted by molar-refractivity contribution is 7.92. The summed E-state index contributed by atoms with van der Waals surface area (Å²) in [4.78, 5) is 18.1. The summed E-state index contributed by atoms with van der Waals surface area (Å²) in [6.45, 7) is 4.31. The number of hydrogen-bond donors (Lipinski definition) is 2. The zero-order valence-corrected chi connectivity index (χ0v) is 20.2. The number of aromatic nitrogens is 1. The Morgan fingerprint density at radius 2 is 1.68 bits per heavy atom. The number of nitrogens with zero attached hydrogens (tertiary/aromatic N) is 1. The monoisotopic (exact) mass is 493 g/mol. The predicted molar refractivity (Wildman–Crippen MR) is 135 cm³/mol. The van der Waals surface area contributed by atoms with Crippen molar-refractivity contribution in [3.63, 3.8) is 0 Å². The molecule has 4 aromatic rings. The number of sulfonamides is 1. The standard InChI is InChI=1S/C25H23N3O4S2/c1-3-32-21-14-12-18(13-15-21)25-26-17(2)23(33-25)24(29)27-19-8-7-9-20(16-19)28-34(30,31)22-10-5-4-6-11-22/h4-16,28H,3H2,1-2H3,(H,27,29). The van der Waals surface area contributed by atoms with Crippen LogP contribution in [0.4, 0.5) is 11.4 Å². The first-order valence-corrected chi connectivity index (χ1v) is 12.9. The first-order chi connectivity index (χ1) is 16.4. The second kappa shape index (κ2) is 10.1. The summed E-state index contributed by atoms with van der Waals surface area (Å²) >= 11 is 1.30. The molecule has 3 aromatic carbocycles. The topological polar surface area (TPSA) is 97.4 Å². The van der Waals surface area contributed by atoms with Gasteiger partial charge in [-0.25, -0.2) is 13.4 Å². The van der Waals surface area contributed by atoms with Gasteiger partial charge in [0.1, 0.15) is 15.6 Å². The summed E-state index contributed by atoms with van der Waals surface area (Å²) in [5, 5.41) is 3.56. The minimum atomic E-state index is -3.73. The van der Waals surface area contributed by atoms with E-state index < -0.39 is 10.0 Å². The largest absolute Gasteiger partial charge is 0.494 e. The SMILES string of the molecule is CCOc1ccc(-c2nc(C)c(C(=O)Nc3cccc(NS(=O)(=O)c4ccccc4)c3)s2)cc1. The Morgan fingerprint density at radius 3 is 2.38 bits per heavy atom. The molecule has 0 fully saturated rings. The van der Waals surface area contributed by atoms with Crippen molar-refractivity contribution in [1.82, 2.24) is 4.98 Å². The zero-order valence-electron chi connectivity index (χ0n) is 18.6. The van der Waals surface area contributed by atoms with Gasteiger partial charge in [-0.1, -0.05) is 24.3 Å². The van der Waals surface area contributed by atoms with Crippen LogP contribution in [0.1, 0.15) is 22.3 Å². The summed E-state index contributed by atoms with van der Waals surface area (Å²) in [5.74, 6) is 0.468. The lowest BCUT2D eigenvalue weighted by Crippen LogP contribution is -2.14. The van der Waals surface area contributed by atoms with Gasteiger partial charge in [-0.05, 0) is 68.4 Å². The van der Waals surface area contributed by atoms with Crippen LogP contribution in [-0.2, 0) is 10.0 Å². The zero-order chi connectivity index (χ0) is 24.1. The van der Waals surface area contributed by atoms with Crippen molar-refractivity contribution >= 4 is 38.6 Å². The molecule has 0 spiro atoms. The van der Waals surface area contributed by atoms with Crippen LogP contribution in [0.15, 0.2) is 83.8 Å². The average molecular weight is 494 g/mol. The molecule has 0 unspecified atom stereocenters. The number of thiazole rings is 1. The van der Waals surface area contributed by atoms with Crippen molar-refractivity contribution in [3.8, 4) is 16.3 Å². The summed E-state index contributed by atoms with van der Waals surface area (Å²) in [6.07, 6.45) is 0. The highest BCUT2D eigenvalue weighted by Gasteiger charge is 2.18. The first-order valence-electron chi connectivity index (χ1n) is 10.6. The molecule has 1 heterocycles. The maximum absolute atomic E-state index is 12.9. The molecule has 0 saturated heterocycles. The van der Waals surface area contributed by atoms with Gasteiger partial charge in [0.05, 0.1) is 22.9 Å². The Hall–Kier alpha value is -3.69. The van der Waals surface area contributed by atoms with Crippen LogP contribution in [-0.4, -0.2) is 25.9 Å². The molecule has 174 valence electrons. The molecular formula is C25H23N3O4S2. The number of amides is 1. The molecule has 0 aliphatic rings. The van der Waals surface area contributed by atoms with E-state index in [9.17, 15) is 13.2 Å². The number of hydrogen-bond acceptors (Lipinski definition) is 6. The Morgan fingerprint density at radius 1 is 0.971 bits per heavy atom. The van der Waals surface area contributed by atoms with Crippen molar-refractivity contribution in [2.45, 2.75) is 18.7 Å². The van der Waals surface area contributed by atoms with Crippen LogP contribution in [0.2, 0.25) is 0 Å². The second-order valence-electron chi connectivity index (χ2n) is 7.34. The Bertz CT molecular complexity index is 1400. The Labute approximate surface area is 202 Å². The van der Waals surface area contributed by atoms with Crippen molar-refractivity contribution in [1.29, 1.82) is 0 Å². The van der Waals surface area contributed by atoms with Gasteiger partial charge in [0.15, 0.2) is 0 Å². The minimum Gasteiger partial charge on any atom is -0.494 e. The normalized spacial score (nSPS) is 11.1. The maximum atomic E-state index is 12.9. The van der Waals surface area contributed by atoms with Gasteiger partial charge in [0.25, 0.3) is 15.9 Å². The molecular weight excluding hydrogens is 470 g/mol. The molecule has 7 nitrogen and oxygen atoms in total. The fraction of sp³-hybridized carbons (Fsp3) is 0.120. The smallest absolute Gasteiger partial charge is 0.267 e. The molecule has 0 saturated carbocycles. The van der Waals surface area contributed by atoms with Crippen molar-refractivity contribution < 1.29 is 17.9 Å². The Balaban J connectivity index is 1.49. The van der Waals surface area contributed by atoms with Gasteiger partial charge >= 0.3 is 0 Å². The van der Waals surface area contributed by atoms with Crippen LogP contribution in [0, 0.1) is 6.92 Å². The van der Waals surface area contributed by atoms with E-state index in [0.29, 0.717) is 28.6 Å². The highest BCUT2D eigenvalue weighted by Crippen LogP contribution is 2.30. The van der Waals surface area contributed by atoms with Gasteiger partial charge in [-0.3, -0.25) is 9.52 Å². The number of rotatable bonds is 8. The van der Waals surface area contributed by atoms with Crippen molar-refractivity contribution in [3.05, 3.63) is 89.4 Å². The van der Waals surface area contributed by atoms with Crippen LogP contribution in [0.3, 0.4) is 0 Å². The van der Waals surface area contributed by atoms with E-state index in [1.165, 1.54) is 23.5 Å². The third-order valence-corrected chi connectivity index (χ3v) is 7.44. The van der Waals surface area contributed by atoms with Crippen molar-refractivity contribution in [2.24, 2.45) is 0 Å². The predicted octanol–water partition coefficient (Wildman–Crippen LogP) is 5.57. The lowest BCUT2D eigenvalue weighted by atomic mass is 10.2. The van der Waals surface area contributed by atoms with Gasteiger partial charge in [-0.2, -0.15) is 0 Å². The van der Waals surface area contributed by atoms with Crippen molar-refractivity contribution in [2.75, 3.05) is 16.6 Å². The summed E-state index contributed by atoms with van der Waals surface area (Å²) in [5.41, 5.74) is 2.33. The van der Waals surface area contributed by atoms with Gasteiger partial charge < -0.3 is 10.1 Å². The molecule has 1 amide bonds. The number of anilines is 2. The molecule has 0 aliphatic carbocycles. The summed E-state index contributed by atoms with van der Waals surface area (Å²) in [7, 11) is -3.73. The van der Waals surface area contributed by atoms with E-state index in [-0.39, 0.29) is 10.8 Å². The highest BCUT2D eigenvalue weighted by atomic mass is 32.2. The fourth-order valence-corrected chi connectivity index (χ4v) is 5.29. The van der Waals surface area contributed by atoms with E-state index >= 15 is 0 Å². The lowest BCUT2D eigenvalue weighted by molar-refractivity contribution is 0.103. The molecule has 34 heavy (non-hydrogen) atoms. The second-order valence-corrected chi connectivity index (χ2v) is 10.0. The van der Waals surface area contributed by atoms with Crippen LogP contribution >= 0.6 is 11.3 Å². The minimum absolute atomic E-state index is 0.159. The molecule has 2 N–H and O–H groups in total. The number of aryl methyl sites for hydroxylation is 1. The molecule has 0 aliphatic heterocycles. The molecule has 9 heteroatoms. The number of benzene rings is 3. The molecule has 4 rings (SSSR count). The maximum Gasteiger partial charge on any atom is 0.267 e. The van der Waals surface area contributed by atoms with E-state index in [0.717, 1.165) is 16.3 Å². The lowest BCUT2D eigenvalue weighted by Gasteiger charge is -2.10. The van der Waals surface area contributed by atoms with Crippen LogP contribution in [0.25, 0.3) is 10.6 Å². The first kappa shape index (κ1) is 23.5. The van der Waals surface area contributed by atoms with Gasteiger partial charge in [-0.15, -0.1) is 11.3 Å². The summed E-state index contributed by atoms with van der Waals surface area (Å²) < 4.78 is 33.2. The third kappa shape index (κ3) is 5.44. The average Bonchev–Trinajstić information content (AvgIpc) is 3.22. The third-order valence-electron chi connectivity index (χ3n) is 4.84. The van der Waals surface area contributed by atoms with Crippen LogP contribution < -0.4 is 14.8 Å². The van der Waals surface area contributed by atoms with Gasteiger partial charge in [0, 0.05) is 11.3 Å². The molecule has 0 atom stereocenters. The van der Waals surface area contributed by atoms with E-state index in [4.69, 9.17) is 4.74 Å². The number of carbonyl (C=O) groups excluding carboxylic acids is 1. The number of carbonyl (C=O) groups is 1. The quantitative estimate of drug-likeness (QED) is 0.334. The fourth-order valence-electron chi connectivity index (χ4n) is 3.25.